The zero-order chi connectivity index (χ0) is 55.1. The fourth-order valence-corrected chi connectivity index (χ4v) is 11.5. The predicted octanol–water partition coefficient (Wildman–Crippen LogP) is 3.67. The summed E-state index contributed by atoms with van der Waals surface area (Å²) in [5, 5.41) is 29.2. The number of imide groups is 1. The molecule has 2 bridgehead atoms. The molecule has 76 heavy (non-hydrogen) atoms. The van der Waals surface area contributed by atoms with E-state index < -0.39 is 149 Å². The first-order chi connectivity index (χ1) is 35.9. The second kappa shape index (κ2) is 21.2. The number of carbonyl (C=O) groups is 10. The van der Waals surface area contributed by atoms with Crippen molar-refractivity contribution in [2.75, 3.05) is 6.61 Å². The number of nitrogens with one attached hydrogen (secondary N) is 1. The summed E-state index contributed by atoms with van der Waals surface area (Å²) in [4.78, 5) is 142. The van der Waals surface area contributed by atoms with Crippen molar-refractivity contribution < 1.29 is 91.4 Å². The summed E-state index contributed by atoms with van der Waals surface area (Å²) in [7, 11) is 0. The Morgan fingerprint density at radius 3 is 1.92 bits per heavy atom. The van der Waals surface area contributed by atoms with Crippen LogP contribution in [0, 0.1) is 16.7 Å². The molecule has 3 aromatic rings. The first-order valence-electron chi connectivity index (χ1n) is 24.7. The van der Waals surface area contributed by atoms with E-state index in [1.807, 2.05) is 0 Å². The Bertz CT molecular complexity index is 2860. The van der Waals surface area contributed by atoms with Crippen LogP contribution in [0.5, 0.6) is 0 Å². The van der Waals surface area contributed by atoms with Crippen LogP contribution in [0.2, 0.25) is 0 Å². The summed E-state index contributed by atoms with van der Waals surface area (Å²) in [6.45, 7) is 7.57. The Morgan fingerprint density at radius 1 is 0.776 bits per heavy atom. The number of ether oxygens (including phenoxy) is 6. The van der Waals surface area contributed by atoms with Gasteiger partial charge in [0.25, 0.3) is 17.7 Å². The van der Waals surface area contributed by atoms with Gasteiger partial charge in [-0.05, 0) is 54.8 Å². The SMILES string of the molecule is CC(=O)OC1C(=O)C2(C)C(O)CC3OC[C@]3(OC(C)=O)[C@@H]2[C@@H](OC(=O)c2ccccc2)C2(O)C[C@@H](OC(=O)[C@@H](OC(=O)CCC(=O)ON3C(=O)CCC3=O)[C@H](NC(=O)c3ccccc3)c3ccccc3)C(C)=C1C2(C)C. The number of hydroxylamine groups is 2. The van der Waals surface area contributed by atoms with Gasteiger partial charge in [-0.2, -0.15) is 0 Å². The largest absolute Gasteiger partial charge is 0.455 e. The number of esters is 5. The number of benzene rings is 3. The number of ketones is 1. The molecule has 11 atom stereocenters. The molecule has 8 rings (SSSR count). The number of carbonyl (C=O) groups excluding carboxylic acids is 10. The molecule has 5 aliphatic rings. The van der Waals surface area contributed by atoms with Gasteiger partial charge < -0.3 is 48.8 Å². The lowest BCUT2D eigenvalue weighted by Crippen LogP contribution is -2.82. The maximum absolute atomic E-state index is 15.8. The third-order valence-electron chi connectivity index (χ3n) is 15.4. The minimum atomic E-state index is -2.54. The number of aliphatic hydroxyl groups excluding tert-OH is 1. The van der Waals surface area contributed by atoms with E-state index in [0.717, 1.165) is 13.8 Å². The highest BCUT2D eigenvalue weighted by Gasteiger charge is 2.78. The van der Waals surface area contributed by atoms with E-state index in [1.165, 1.54) is 64.1 Å². The lowest BCUT2D eigenvalue weighted by Gasteiger charge is -2.67. The fraction of sp³-hybridized carbons (Fsp3) is 0.455. The number of amides is 3. The third-order valence-corrected chi connectivity index (χ3v) is 15.4. The fourth-order valence-electron chi connectivity index (χ4n) is 11.5. The van der Waals surface area contributed by atoms with Crippen molar-refractivity contribution in [2.45, 2.75) is 134 Å². The molecule has 0 radical (unpaired) electrons. The van der Waals surface area contributed by atoms with Crippen molar-refractivity contribution in [3.8, 4) is 0 Å². The van der Waals surface area contributed by atoms with Crippen molar-refractivity contribution >= 4 is 59.3 Å². The normalized spacial score (nSPS) is 29.1. The van der Waals surface area contributed by atoms with Crippen molar-refractivity contribution in [3.63, 3.8) is 0 Å². The maximum Gasteiger partial charge on any atom is 0.350 e. The number of nitrogens with zero attached hydrogens (tertiary/aromatic N) is 1. The van der Waals surface area contributed by atoms with E-state index in [2.05, 4.69) is 5.32 Å². The van der Waals surface area contributed by atoms with Crippen LogP contribution in [-0.2, 0) is 71.6 Å². The standard InChI is InChI=1S/C55H58N2O19/c1-29-35(72-51(68)45(73-40(63)24-25-41(64)76-57-38(61)22-23-39(57)62)43(32-16-10-7-11-17-32)56-49(66)33-18-12-8-13-19-33)27-55(69)48(74-50(67)34-20-14-9-15-21-34)46-53(6,36(60)26-37-54(46,28-70-37)75-31(3)59)47(65)44(71-30(2)58)42(29)52(55,4)5/h7-21,35-37,43-46,48,60,69H,22-28H2,1-6H3,(H,56,66)/t35-,36?,37?,43-,44?,45+,46-,48-,53?,54-,55?/m1/s1. The van der Waals surface area contributed by atoms with E-state index in [0.29, 0.717) is 5.06 Å². The van der Waals surface area contributed by atoms with Gasteiger partial charge in [-0.1, -0.05) is 80.6 Å². The average molecular weight is 1050 g/mol. The molecular weight excluding hydrogens is 993 g/mol. The zero-order valence-electron chi connectivity index (χ0n) is 42.5. The molecule has 21 heteroatoms. The summed E-state index contributed by atoms with van der Waals surface area (Å²) in [5.74, 6) is -11.4. The number of hydrogen-bond donors (Lipinski definition) is 3. The highest BCUT2D eigenvalue weighted by atomic mass is 16.7. The van der Waals surface area contributed by atoms with Crippen molar-refractivity contribution in [1.29, 1.82) is 0 Å². The molecule has 3 amide bonds. The van der Waals surface area contributed by atoms with E-state index in [-0.39, 0.29) is 53.7 Å². The smallest absolute Gasteiger partial charge is 0.350 e. The number of aliphatic hydroxyl groups is 2. The molecule has 2 saturated carbocycles. The molecule has 21 nitrogen and oxygen atoms in total. The lowest BCUT2D eigenvalue weighted by molar-refractivity contribution is -0.346. The van der Waals surface area contributed by atoms with Gasteiger partial charge in [0.1, 0.15) is 30.0 Å². The Labute approximate surface area is 436 Å². The van der Waals surface area contributed by atoms with E-state index >= 15 is 9.59 Å². The van der Waals surface area contributed by atoms with Gasteiger partial charge in [-0.15, -0.1) is 5.06 Å². The molecule has 2 saturated heterocycles. The minimum Gasteiger partial charge on any atom is -0.455 e. The van der Waals surface area contributed by atoms with Crippen LogP contribution in [0.3, 0.4) is 0 Å². The molecule has 3 aromatic carbocycles. The van der Waals surface area contributed by atoms with Gasteiger partial charge in [0.15, 0.2) is 17.5 Å². The Kier molecular flexibility index (Phi) is 15.2. The van der Waals surface area contributed by atoms with Crippen LogP contribution in [0.25, 0.3) is 0 Å². The van der Waals surface area contributed by atoms with Crippen LogP contribution in [0.15, 0.2) is 102 Å². The zero-order valence-corrected chi connectivity index (χ0v) is 42.5. The molecule has 0 aromatic heterocycles. The molecule has 5 unspecified atom stereocenters. The molecule has 3 aliphatic carbocycles. The minimum absolute atomic E-state index is 0.00210. The van der Waals surface area contributed by atoms with Gasteiger partial charge in [-0.3, -0.25) is 33.6 Å². The Morgan fingerprint density at radius 2 is 1.36 bits per heavy atom. The monoisotopic (exact) mass is 1050 g/mol. The number of fused-ring (bicyclic) bond motifs is 5. The van der Waals surface area contributed by atoms with E-state index in [4.69, 9.17) is 33.3 Å². The lowest BCUT2D eigenvalue weighted by atomic mass is 9.44. The quantitative estimate of drug-likeness (QED) is 0.0847. The number of rotatable bonds is 15. The first kappa shape index (κ1) is 54.6. The summed E-state index contributed by atoms with van der Waals surface area (Å²) < 4.78 is 36.5. The number of Topliss-reactive ketones (excluding diaryl/α,β-unsaturated/α-hetero) is 1. The van der Waals surface area contributed by atoms with E-state index in [9.17, 15) is 48.6 Å². The second-order valence-electron chi connectivity index (χ2n) is 20.4. The second-order valence-corrected chi connectivity index (χ2v) is 20.4. The van der Waals surface area contributed by atoms with Crippen molar-refractivity contribution in [2.24, 2.45) is 16.7 Å². The Hall–Kier alpha value is -7.62. The van der Waals surface area contributed by atoms with Gasteiger partial charge >= 0.3 is 35.8 Å². The van der Waals surface area contributed by atoms with Gasteiger partial charge in [0.2, 0.25) is 6.10 Å². The van der Waals surface area contributed by atoms with Crippen molar-refractivity contribution in [3.05, 3.63) is 119 Å². The van der Waals surface area contributed by atoms with Crippen LogP contribution < -0.4 is 5.32 Å². The summed E-state index contributed by atoms with van der Waals surface area (Å²) in [6, 6.07) is 21.8. The van der Waals surface area contributed by atoms with Gasteiger partial charge in [0, 0.05) is 50.5 Å². The van der Waals surface area contributed by atoms with Crippen molar-refractivity contribution in [1.82, 2.24) is 10.4 Å². The van der Waals surface area contributed by atoms with Crippen LogP contribution in [-0.4, -0.2) is 129 Å². The topological polar surface area (TPSA) is 291 Å². The molecule has 2 aliphatic heterocycles. The molecule has 2 heterocycles. The molecule has 3 N–H and O–H groups in total. The first-order valence-corrected chi connectivity index (χ1v) is 24.7. The number of hydrogen-bond acceptors (Lipinski definition) is 19. The van der Waals surface area contributed by atoms with Gasteiger partial charge in [-0.25, -0.2) is 14.4 Å². The maximum atomic E-state index is 15.8. The summed E-state index contributed by atoms with van der Waals surface area (Å²) in [6.07, 6.45) is -13.3. The van der Waals surface area contributed by atoms with Crippen LogP contribution in [0.1, 0.15) is 112 Å². The Balaban J connectivity index is 1.25. The summed E-state index contributed by atoms with van der Waals surface area (Å²) in [5.41, 5.74) is -8.08. The van der Waals surface area contributed by atoms with Gasteiger partial charge in [0.05, 0.1) is 42.4 Å². The predicted molar refractivity (Wildman–Crippen MR) is 258 cm³/mol. The molecule has 0 spiro atoms. The highest BCUT2D eigenvalue weighted by molar-refractivity contribution is 6.02. The summed E-state index contributed by atoms with van der Waals surface area (Å²) >= 11 is 0. The molecule has 402 valence electrons. The third kappa shape index (κ3) is 9.89. The van der Waals surface area contributed by atoms with Crippen LogP contribution in [0.4, 0.5) is 0 Å². The molecular formula is C55H58N2O19. The van der Waals surface area contributed by atoms with E-state index in [1.54, 1.807) is 54.6 Å². The highest BCUT2D eigenvalue weighted by Crippen LogP contribution is 2.64. The average Bonchev–Trinajstić information content (AvgIpc) is 3.87. The molecule has 4 fully saturated rings. The van der Waals surface area contributed by atoms with Crippen LogP contribution >= 0.6 is 0 Å².